The van der Waals surface area contributed by atoms with E-state index >= 15 is 0 Å². The molecular formula is C47H46N18O5. The fourth-order valence-corrected chi connectivity index (χ4v) is 6.99. The monoisotopic (exact) mass is 942 g/mol. The van der Waals surface area contributed by atoms with Crippen molar-refractivity contribution in [2.24, 2.45) is 0 Å². The lowest BCUT2D eigenvalue weighted by molar-refractivity contribution is 0.0686. The van der Waals surface area contributed by atoms with Crippen LogP contribution < -0.4 is 33.6 Å². The van der Waals surface area contributed by atoms with E-state index in [9.17, 15) is 14.7 Å². The number of aromatic carboxylic acids is 2. The molecule has 0 amide bonds. The molecular weight excluding hydrogens is 897 g/mol. The number of aromatic nitrogens is 12. The molecule has 23 nitrogen and oxygen atoms in total. The SMILES string of the molecule is C=C(O)c1ccccc1CCc1cnc2nc(N)nc(N)c2n1.Cc1nc(N)c2nc(CN(C)c3cccc(C(=O)O)c3)cnc2n1.Nc1nc(N)c2nc(CCc3cccc(C(=O)O)c3)cnc2n1. The van der Waals surface area contributed by atoms with Crippen molar-refractivity contribution in [2.75, 3.05) is 40.6 Å². The Bertz CT molecular complexity index is 3430. The molecule has 0 unspecified atom stereocenters. The minimum atomic E-state index is -0.962. The third-order valence-electron chi connectivity index (χ3n) is 10.4. The number of aliphatic hydroxyl groups excluding tert-OH is 1. The highest BCUT2D eigenvalue weighted by Crippen LogP contribution is 2.22. The van der Waals surface area contributed by atoms with Gasteiger partial charge in [-0.05, 0) is 74.1 Å². The summed E-state index contributed by atoms with van der Waals surface area (Å²) in [6.07, 6.45) is 7.43. The number of carboxylic acid groups (broad SMARTS) is 2. The third kappa shape index (κ3) is 12.0. The number of nitrogens with two attached hydrogens (primary N) is 5. The maximum absolute atomic E-state index is 11.1. The van der Waals surface area contributed by atoms with E-state index in [1.165, 1.54) is 0 Å². The molecule has 3 aromatic carbocycles. The summed E-state index contributed by atoms with van der Waals surface area (Å²) in [5, 5.41) is 27.7. The van der Waals surface area contributed by atoms with Gasteiger partial charge in [-0.1, -0.05) is 49.0 Å². The molecule has 6 aromatic heterocycles. The van der Waals surface area contributed by atoms with Gasteiger partial charge in [0.05, 0.1) is 53.3 Å². The number of anilines is 6. The van der Waals surface area contributed by atoms with Crippen LogP contribution in [0.4, 0.5) is 35.0 Å². The highest BCUT2D eigenvalue weighted by molar-refractivity contribution is 5.89. The summed E-state index contributed by atoms with van der Waals surface area (Å²) in [6.45, 7) is 5.77. The Kier molecular flexibility index (Phi) is 14.6. The Hall–Kier alpha value is -9.80. The predicted octanol–water partition coefficient (Wildman–Crippen LogP) is 4.61. The minimum absolute atomic E-state index is 0.0540. The third-order valence-corrected chi connectivity index (χ3v) is 10.4. The summed E-state index contributed by atoms with van der Waals surface area (Å²) in [7, 11) is 1.85. The number of carbonyl (C=O) groups is 2. The molecule has 0 fully saturated rings. The van der Waals surface area contributed by atoms with Crippen LogP contribution in [-0.4, -0.2) is 94.1 Å². The largest absolute Gasteiger partial charge is 0.508 e. The van der Waals surface area contributed by atoms with Crippen LogP contribution in [-0.2, 0) is 32.2 Å². The normalized spacial score (nSPS) is 10.8. The molecule has 0 saturated heterocycles. The number of nitrogen functional groups attached to an aromatic ring is 5. The number of rotatable bonds is 12. The van der Waals surface area contributed by atoms with E-state index in [-0.39, 0.29) is 40.4 Å². The minimum Gasteiger partial charge on any atom is -0.508 e. The van der Waals surface area contributed by atoms with Crippen LogP contribution in [0.15, 0.2) is 98.0 Å². The van der Waals surface area contributed by atoms with Crippen molar-refractivity contribution in [1.82, 2.24) is 59.8 Å². The van der Waals surface area contributed by atoms with E-state index in [1.807, 2.05) is 48.3 Å². The zero-order valence-corrected chi connectivity index (χ0v) is 37.8. The Labute approximate surface area is 398 Å². The lowest BCUT2D eigenvalue weighted by Gasteiger charge is -2.19. The lowest BCUT2D eigenvalue weighted by Crippen LogP contribution is -2.18. The number of nitrogens with zero attached hydrogens (tertiary/aromatic N) is 13. The smallest absolute Gasteiger partial charge is 0.335 e. The molecule has 0 aliphatic carbocycles. The Morgan fingerprint density at radius 2 is 1.06 bits per heavy atom. The number of aryl methyl sites for hydroxylation is 5. The van der Waals surface area contributed by atoms with Crippen LogP contribution in [0.3, 0.4) is 0 Å². The van der Waals surface area contributed by atoms with Crippen LogP contribution in [0.2, 0.25) is 0 Å². The van der Waals surface area contributed by atoms with Crippen molar-refractivity contribution in [1.29, 1.82) is 0 Å². The maximum atomic E-state index is 11.1. The van der Waals surface area contributed by atoms with Crippen LogP contribution in [0, 0.1) is 6.92 Å². The summed E-state index contributed by atoms with van der Waals surface area (Å²) >= 11 is 0. The van der Waals surface area contributed by atoms with Crippen LogP contribution in [0.25, 0.3) is 39.3 Å². The van der Waals surface area contributed by atoms with Gasteiger partial charge in [0.2, 0.25) is 11.9 Å². The van der Waals surface area contributed by atoms with E-state index in [2.05, 4.69) is 66.4 Å². The zero-order chi connectivity index (χ0) is 50.1. The van der Waals surface area contributed by atoms with Gasteiger partial charge in [-0.2, -0.15) is 19.9 Å². The highest BCUT2D eigenvalue weighted by Gasteiger charge is 2.13. The molecule has 0 spiro atoms. The molecule has 0 aliphatic rings. The second kappa shape index (κ2) is 21.2. The van der Waals surface area contributed by atoms with Gasteiger partial charge in [-0.25, -0.2) is 49.5 Å². The molecule has 70 heavy (non-hydrogen) atoms. The predicted molar refractivity (Wildman–Crippen MR) is 264 cm³/mol. The highest BCUT2D eigenvalue weighted by atomic mass is 16.4. The number of aliphatic hydroxyl groups is 1. The van der Waals surface area contributed by atoms with Gasteiger partial charge in [0.1, 0.15) is 11.6 Å². The summed E-state index contributed by atoms with van der Waals surface area (Å²) in [6, 6.07) is 21.1. The van der Waals surface area contributed by atoms with Crippen molar-refractivity contribution >= 4 is 86.2 Å². The quantitative estimate of drug-likeness (QED) is 0.0775. The maximum Gasteiger partial charge on any atom is 0.335 e. The first-order chi connectivity index (χ1) is 33.5. The Balaban J connectivity index is 0.000000155. The zero-order valence-electron chi connectivity index (χ0n) is 37.8. The van der Waals surface area contributed by atoms with Gasteiger partial charge in [0.25, 0.3) is 0 Å². The van der Waals surface area contributed by atoms with Crippen LogP contribution in [0.1, 0.15) is 60.3 Å². The Morgan fingerprint density at radius 1 is 0.557 bits per heavy atom. The first kappa shape index (κ1) is 48.1. The average molecular weight is 943 g/mol. The van der Waals surface area contributed by atoms with E-state index in [0.29, 0.717) is 83.1 Å². The van der Waals surface area contributed by atoms with Crippen molar-refractivity contribution in [2.45, 2.75) is 39.2 Å². The summed E-state index contributed by atoms with van der Waals surface area (Å²) in [4.78, 5) is 74.0. The molecule has 6 heterocycles. The van der Waals surface area contributed by atoms with Crippen LogP contribution >= 0.6 is 0 Å². The van der Waals surface area contributed by atoms with Crippen LogP contribution in [0.5, 0.6) is 0 Å². The van der Waals surface area contributed by atoms with Gasteiger partial charge < -0.3 is 48.9 Å². The molecule has 354 valence electrons. The number of hydrogen-bond donors (Lipinski definition) is 8. The fraction of sp³-hybridized carbons (Fsp3) is 0.149. The van der Waals surface area contributed by atoms with Crippen molar-refractivity contribution in [3.05, 3.63) is 149 Å². The topological polar surface area (TPSA) is 383 Å². The molecule has 0 radical (unpaired) electrons. The second-order valence-electron chi connectivity index (χ2n) is 15.5. The molecule has 0 atom stereocenters. The fourth-order valence-electron chi connectivity index (χ4n) is 6.99. The van der Waals surface area contributed by atoms with Gasteiger partial charge in [0.15, 0.2) is 50.9 Å². The standard InChI is InChI=1S/C16H16N6O2.C16H16N6O.C15H14N6O2/c1-9-19-14(17)13-15(20-9)18-7-11(21-13)8-22(2)12-5-3-4-10(6-12)16(23)24;1-9(23)12-5-3-2-4-10(12)6-7-11-8-19-15-13(20-11)14(17)21-16(18)22-15;16-12-11-13(21-15(17)20-12)18-7-10(19-11)5-4-8-2-1-3-9(6-8)14(22)23/h3-7H,8H2,1-2H3,(H,23,24)(H2,17,18,19,20);2-5,8,23H,1,6-7H2,(H4,17,18,19,21,22);1-3,6-7H,4-5H2,(H,22,23)(H4,16,17,18,20,21). The van der Waals surface area contributed by atoms with Gasteiger partial charge in [-0.3, -0.25) is 0 Å². The van der Waals surface area contributed by atoms with E-state index in [0.717, 1.165) is 33.8 Å². The molecule has 0 saturated carbocycles. The lowest BCUT2D eigenvalue weighted by atomic mass is 10.0. The number of hydrogen-bond acceptors (Lipinski definition) is 21. The van der Waals surface area contributed by atoms with Gasteiger partial charge >= 0.3 is 11.9 Å². The van der Waals surface area contributed by atoms with Crippen molar-refractivity contribution in [3.63, 3.8) is 0 Å². The molecule has 9 aromatic rings. The first-order valence-electron chi connectivity index (χ1n) is 21.2. The number of benzene rings is 3. The number of fused-ring (bicyclic) bond motifs is 3. The molecule has 9 rings (SSSR count). The molecule has 13 N–H and O–H groups in total. The van der Waals surface area contributed by atoms with Gasteiger partial charge in [-0.15, -0.1) is 0 Å². The Morgan fingerprint density at radius 3 is 1.64 bits per heavy atom. The number of carboxylic acids is 2. The van der Waals surface area contributed by atoms with Gasteiger partial charge in [0, 0.05) is 18.3 Å². The van der Waals surface area contributed by atoms with Crippen molar-refractivity contribution in [3.8, 4) is 0 Å². The first-order valence-corrected chi connectivity index (χ1v) is 21.2. The molecule has 0 aliphatic heterocycles. The molecule has 23 heteroatoms. The molecule has 0 bridgehead atoms. The van der Waals surface area contributed by atoms with E-state index in [1.54, 1.807) is 61.9 Å². The van der Waals surface area contributed by atoms with E-state index in [4.69, 9.17) is 38.9 Å². The second-order valence-corrected chi connectivity index (χ2v) is 15.5. The average Bonchev–Trinajstić information content (AvgIpc) is 3.33. The van der Waals surface area contributed by atoms with Crippen molar-refractivity contribution < 1.29 is 24.9 Å². The summed E-state index contributed by atoms with van der Waals surface area (Å²) in [5.41, 5.74) is 37.1. The summed E-state index contributed by atoms with van der Waals surface area (Å²) in [5.74, 6) is -0.475. The summed E-state index contributed by atoms with van der Waals surface area (Å²) < 4.78 is 0. The van der Waals surface area contributed by atoms with E-state index < -0.39 is 11.9 Å².